The van der Waals surface area contributed by atoms with Crippen LogP contribution in [0.25, 0.3) is 0 Å². The van der Waals surface area contributed by atoms with Crippen LogP contribution in [0.2, 0.25) is 0 Å². The molecule has 2 amide bonds. The highest BCUT2D eigenvalue weighted by molar-refractivity contribution is 7.10. The summed E-state index contributed by atoms with van der Waals surface area (Å²) in [7, 11) is 1.52. The number of anilines is 1. The van der Waals surface area contributed by atoms with Crippen LogP contribution in [0.15, 0.2) is 41.8 Å². The number of methoxy groups -OCH3 is 1. The number of rotatable bonds is 6. The smallest absolute Gasteiger partial charge is 0.313 e. The Labute approximate surface area is 149 Å². The summed E-state index contributed by atoms with van der Waals surface area (Å²) in [4.78, 5) is 25.0. The summed E-state index contributed by atoms with van der Waals surface area (Å²) in [5.41, 5.74) is -0.643. The summed E-state index contributed by atoms with van der Waals surface area (Å²) in [5.74, 6) is -0.858. The van der Waals surface area contributed by atoms with Gasteiger partial charge in [-0.25, -0.2) is 0 Å². The van der Waals surface area contributed by atoms with Gasteiger partial charge in [0, 0.05) is 16.6 Å². The standard InChI is InChI=1S/C18H20N2O4S/c1-24-14-5-2-4-13(10-14)20-17(22)16(21)19-11-18(23,12-7-8-12)15-6-3-9-25-15/h2-6,9-10,12,23H,7-8,11H2,1H3,(H,19,21)(H,20,22). The number of ether oxygens (including phenoxy) is 1. The van der Waals surface area contributed by atoms with Gasteiger partial charge in [0.05, 0.1) is 13.7 Å². The number of hydrogen-bond acceptors (Lipinski definition) is 5. The van der Waals surface area contributed by atoms with Crippen LogP contribution in [0.4, 0.5) is 5.69 Å². The Morgan fingerprint density at radius 2 is 2.08 bits per heavy atom. The average molecular weight is 360 g/mol. The van der Waals surface area contributed by atoms with Crippen molar-refractivity contribution in [3.63, 3.8) is 0 Å². The van der Waals surface area contributed by atoms with Crippen molar-refractivity contribution in [1.29, 1.82) is 0 Å². The summed E-state index contributed by atoms with van der Waals surface area (Å²) in [6.07, 6.45) is 1.83. The number of carbonyl (C=O) groups excluding carboxylic acids is 2. The van der Waals surface area contributed by atoms with E-state index < -0.39 is 17.4 Å². The van der Waals surface area contributed by atoms with Crippen LogP contribution < -0.4 is 15.4 Å². The van der Waals surface area contributed by atoms with Crippen LogP contribution in [0.3, 0.4) is 0 Å². The zero-order chi connectivity index (χ0) is 17.9. The van der Waals surface area contributed by atoms with E-state index in [1.54, 1.807) is 24.3 Å². The molecule has 0 saturated heterocycles. The van der Waals surface area contributed by atoms with Gasteiger partial charge in [-0.2, -0.15) is 0 Å². The van der Waals surface area contributed by atoms with Gasteiger partial charge in [0.2, 0.25) is 0 Å². The van der Waals surface area contributed by atoms with Crippen molar-refractivity contribution >= 4 is 28.8 Å². The predicted molar refractivity (Wildman–Crippen MR) is 95.6 cm³/mol. The van der Waals surface area contributed by atoms with Gasteiger partial charge in [-0.1, -0.05) is 12.1 Å². The van der Waals surface area contributed by atoms with Gasteiger partial charge >= 0.3 is 11.8 Å². The van der Waals surface area contributed by atoms with Gasteiger partial charge in [0.25, 0.3) is 0 Å². The molecule has 0 bridgehead atoms. The summed E-state index contributed by atoms with van der Waals surface area (Å²) in [6, 6.07) is 10.5. The molecule has 0 spiro atoms. The number of nitrogens with one attached hydrogen (secondary N) is 2. The molecule has 6 nitrogen and oxygen atoms in total. The molecular weight excluding hydrogens is 340 g/mol. The number of carbonyl (C=O) groups is 2. The molecule has 1 heterocycles. The fraction of sp³-hybridized carbons (Fsp3) is 0.333. The molecule has 1 saturated carbocycles. The molecule has 0 aliphatic heterocycles. The average Bonchev–Trinajstić information content (AvgIpc) is 3.34. The maximum Gasteiger partial charge on any atom is 0.313 e. The Kier molecular flexibility index (Phi) is 5.06. The molecule has 1 unspecified atom stereocenters. The van der Waals surface area contributed by atoms with Gasteiger partial charge in [0.15, 0.2) is 0 Å². The second-order valence-electron chi connectivity index (χ2n) is 6.04. The molecule has 1 fully saturated rings. The molecule has 0 radical (unpaired) electrons. The lowest BCUT2D eigenvalue weighted by molar-refractivity contribution is -0.137. The van der Waals surface area contributed by atoms with Crippen molar-refractivity contribution in [1.82, 2.24) is 5.32 Å². The topological polar surface area (TPSA) is 87.7 Å². The van der Waals surface area contributed by atoms with E-state index in [2.05, 4.69) is 10.6 Å². The van der Waals surface area contributed by atoms with E-state index in [1.165, 1.54) is 18.4 Å². The second kappa shape index (κ2) is 7.25. The van der Waals surface area contributed by atoms with Crippen LogP contribution in [-0.4, -0.2) is 30.6 Å². The fourth-order valence-corrected chi connectivity index (χ4v) is 3.61. The van der Waals surface area contributed by atoms with E-state index in [9.17, 15) is 14.7 Å². The lowest BCUT2D eigenvalue weighted by atomic mass is 9.95. The van der Waals surface area contributed by atoms with Gasteiger partial charge in [0.1, 0.15) is 11.4 Å². The van der Waals surface area contributed by atoms with Crippen LogP contribution in [0, 0.1) is 5.92 Å². The summed E-state index contributed by atoms with van der Waals surface area (Å²) < 4.78 is 5.08. The SMILES string of the molecule is COc1cccc(NC(=O)C(=O)NCC(O)(c2cccs2)C2CC2)c1. The lowest BCUT2D eigenvalue weighted by Gasteiger charge is -2.27. The maximum atomic E-state index is 12.1. The van der Waals surface area contributed by atoms with Crippen LogP contribution in [0.1, 0.15) is 17.7 Å². The number of amides is 2. The van der Waals surface area contributed by atoms with Gasteiger partial charge in [-0.15, -0.1) is 11.3 Å². The zero-order valence-corrected chi connectivity index (χ0v) is 14.6. The predicted octanol–water partition coefficient (Wildman–Crippen LogP) is 2.11. The minimum atomic E-state index is -1.11. The first-order valence-corrected chi connectivity index (χ1v) is 8.90. The van der Waals surface area contributed by atoms with E-state index in [0.29, 0.717) is 11.4 Å². The monoisotopic (exact) mass is 360 g/mol. The van der Waals surface area contributed by atoms with Gasteiger partial charge in [-0.3, -0.25) is 9.59 Å². The molecule has 1 atom stereocenters. The van der Waals surface area contributed by atoms with Crippen molar-refractivity contribution in [3.05, 3.63) is 46.7 Å². The zero-order valence-electron chi connectivity index (χ0n) is 13.8. The Bertz CT molecular complexity index is 758. The van der Waals surface area contributed by atoms with Crippen molar-refractivity contribution in [2.75, 3.05) is 19.0 Å². The van der Waals surface area contributed by atoms with E-state index in [1.807, 2.05) is 17.5 Å². The summed E-state index contributed by atoms with van der Waals surface area (Å²) in [5, 5.41) is 17.9. The van der Waals surface area contributed by atoms with E-state index >= 15 is 0 Å². The quantitative estimate of drug-likeness (QED) is 0.689. The third-order valence-corrected chi connectivity index (χ3v) is 5.29. The lowest BCUT2D eigenvalue weighted by Crippen LogP contribution is -2.45. The first-order valence-electron chi connectivity index (χ1n) is 8.02. The van der Waals surface area contributed by atoms with Crippen LogP contribution in [0.5, 0.6) is 5.75 Å². The Morgan fingerprint density at radius 1 is 1.28 bits per heavy atom. The van der Waals surface area contributed by atoms with Gasteiger partial charge in [-0.05, 0) is 42.3 Å². The van der Waals surface area contributed by atoms with E-state index in [4.69, 9.17) is 4.74 Å². The molecule has 132 valence electrons. The number of thiophene rings is 1. The number of aliphatic hydroxyl groups is 1. The summed E-state index contributed by atoms with van der Waals surface area (Å²) in [6.45, 7) is 0.0164. The Morgan fingerprint density at radius 3 is 2.72 bits per heavy atom. The van der Waals surface area contributed by atoms with Crippen molar-refractivity contribution in [3.8, 4) is 5.75 Å². The summed E-state index contributed by atoms with van der Waals surface area (Å²) >= 11 is 1.45. The molecule has 3 N–H and O–H groups in total. The molecule has 25 heavy (non-hydrogen) atoms. The molecule has 1 aliphatic carbocycles. The highest BCUT2D eigenvalue weighted by Gasteiger charge is 2.46. The highest BCUT2D eigenvalue weighted by Crippen LogP contribution is 2.46. The molecule has 3 rings (SSSR count). The number of benzene rings is 1. The van der Waals surface area contributed by atoms with E-state index in [-0.39, 0.29) is 12.5 Å². The fourth-order valence-electron chi connectivity index (χ4n) is 2.70. The van der Waals surface area contributed by atoms with E-state index in [0.717, 1.165) is 17.7 Å². The molecule has 1 aliphatic rings. The Balaban J connectivity index is 1.60. The second-order valence-corrected chi connectivity index (χ2v) is 6.99. The molecule has 1 aromatic heterocycles. The first kappa shape index (κ1) is 17.4. The molecule has 7 heteroatoms. The van der Waals surface area contributed by atoms with Gasteiger partial charge < -0.3 is 20.5 Å². The maximum absolute atomic E-state index is 12.1. The van der Waals surface area contributed by atoms with Crippen molar-refractivity contribution in [2.24, 2.45) is 5.92 Å². The molecule has 2 aromatic rings. The molecule has 1 aromatic carbocycles. The molecular formula is C18H20N2O4S. The first-order chi connectivity index (χ1) is 12.0. The Hall–Kier alpha value is -2.38. The third-order valence-electron chi connectivity index (χ3n) is 4.25. The normalized spacial score (nSPS) is 15.9. The van der Waals surface area contributed by atoms with Crippen LogP contribution >= 0.6 is 11.3 Å². The highest BCUT2D eigenvalue weighted by atomic mass is 32.1. The van der Waals surface area contributed by atoms with Crippen LogP contribution in [-0.2, 0) is 15.2 Å². The number of hydrogen-bond donors (Lipinski definition) is 3. The third kappa shape index (κ3) is 4.00. The minimum Gasteiger partial charge on any atom is -0.497 e. The minimum absolute atomic E-state index is 0.0164. The largest absolute Gasteiger partial charge is 0.497 e. The van der Waals surface area contributed by atoms with Crippen molar-refractivity contribution < 1.29 is 19.4 Å². The van der Waals surface area contributed by atoms with Crippen molar-refractivity contribution in [2.45, 2.75) is 18.4 Å².